The molecule has 0 aromatic carbocycles. The summed E-state index contributed by atoms with van der Waals surface area (Å²) in [6.45, 7) is 6.77. The summed E-state index contributed by atoms with van der Waals surface area (Å²) in [5.74, 6) is 0.636. The molecular weight excluding hydrogens is 272 g/mol. The third-order valence-electron chi connectivity index (χ3n) is 4.88. The molecular formula is C15H30N2O2S. The van der Waals surface area contributed by atoms with Crippen molar-refractivity contribution in [2.75, 3.05) is 19.6 Å². The van der Waals surface area contributed by atoms with E-state index < -0.39 is 10.0 Å². The molecule has 1 saturated heterocycles. The smallest absolute Gasteiger partial charge is 0.214 e. The van der Waals surface area contributed by atoms with Crippen LogP contribution in [0.3, 0.4) is 0 Å². The summed E-state index contributed by atoms with van der Waals surface area (Å²) >= 11 is 0. The molecule has 20 heavy (non-hydrogen) atoms. The average Bonchev–Trinajstić information content (AvgIpc) is 2.86. The summed E-state index contributed by atoms with van der Waals surface area (Å²) in [5, 5.41) is 3.03. The normalized spacial score (nSPS) is 24.4. The van der Waals surface area contributed by atoms with Crippen LogP contribution in [0.1, 0.15) is 58.8 Å². The van der Waals surface area contributed by atoms with Crippen molar-refractivity contribution in [3.05, 3.63) is 0 Å². The van der Waals surface area contributed by atoms with Gasteiger partial charge in [0.15, 0.2) is 0 Å². The minimum absolute atomic E-state index is 0.193. The second-order valence-electron chi connectivity index (χ2n) is 7.12. The van der Waals surface area contributed by atoms with Crippen molar-refractivity contribution in [2.24, 2.45) is 11.3 Å². The highest BCUT2D eigenvalue weighted by atomic mass is 32.2. The summed E-state index contributed by atoms with van der Waals surface area (Å²) in [6, 6.07) is 0. The number of piperidine rings is 1. The number of hydrogen-bond donors (Lipinski definition) is 2. The van der Waals surface area contributed by atoms with Gasteiger partial charge in [-0.25, -0.2) is 13.1 Å². The first kappa shape index (κ1) is 16.2. The van der Waals surface area contributed by atoms with Crippen molar-refractivity contribution in [3.63, 3.8) is 0 Å². The zero-order valence-electron chi connectivity index (χ0n) is 13.0. The van der Waals surface area contributed by atoms with Gasteiger partial charge in [0, 0.05) is 6.54 Å². The van der Waals surface area contributed by atoms with Gasteiger partial charge >= 0.3 is 0 Å². The highest BCUT2D eigenvalue weighted by Crippen LogP contribution is 2.42. The lowest BCUT2D eigenvalue weighted by atomic mass is 9.79. The monoisotopic (exact) mass is 302 g/mol. The van der Waals surface area contributed by atoms with Crippen molar-refractivity contribution >= 4 is 10.0 Å². The van der Waals surface area contributed by atoms with E-state index in [2.05, 4.69) is 23.9 Å². The molecule has 0 radical (unpaired) electrons. The molecule has 0 aromatic heterocycles. The van der Waals surface area contributed by atoms with Crippen LogP contribution in [-0.2, 0) is 10.0 Å². The van der Waals surface area contributed by atoms with E-state index in [0.29, 0.717) is 12.5 Å². The molecule has 2 fully saturated rings. The van der Waals surface area contributed by atoms with Gasteiger partial charge in [0.25, 0.3) is 0 Å². The molecule has 0 aromatic rings. The van der Waals surface area contributed by atoms with E-state index >= 15 is 0 Å². The lowest BCUT2D eigenvalue weighted by Gasteiger charge is -2.32. The van der Waals surface area contributed by atoms with Crippen LogP contribution in [0.2, 0.25) is 0 Å². The molecule has 2 aliphatic rings. The van der Waals surface area contributed by atoms with Crippen LogP contribution in [0.25, 0.3) is 0 Å². The van der Waals surface area contributed by atoms with Gasteiger partial charge in [0.2, 0.25) is 10.0 Å². The van der Waals surface area contributed by atoms with Gasteiger partial charge in [0.05, 0.1) is 5.25 Å². The van der Waals surface area contributed by atoms with Crippen LogP contribution in [0.15, 0.2) is 0 Å². The lowest BCUT2D eigenvalue weighted by molar-refractivity contribution is 0.236. The van der Waals surface area contributed by atoms with Gasteiger partial charge in [-0.05, 0) is 56.5 Å². The van der Waals surface area contributed by atoms with Crippen molar-refractivity contribution in [3.8, 4) is 0 Å². The maximum absolute atomic E-state index is 12.4. The topological polar surface area (TPSA) is 58.2 Å². The Bertz CT molecular complexity index is 394. The number of sulfonamides is 1. The van der Waals surface area contributed by atoms with E-state index in [0.717, 1.165) is 32.4 Å². The molecule has 118 valence electrons. The molecule has 0 unspecified atom stereocenters. The van der Waals surface area contributed by atoms with Gasteiger partial charge < -0.3 is 5.32 Å². The van der Waals surface area contributed by atoms with E-state index in [-0.39, 0.29) is 10.7 Å². The van der Waals surface area contributed by atoms with Crippen molar-refractivity contribution in [2.45, 2.75) is 64.0 Å². The summed E-state index contributed by atoms with van der Waals surface area (Å²) in [5.41, 5.74) is 0.216. The van der Waals surface area contributed by atoms with Crippen LogP contribution in [0.5, 0.6) is 0 Å². The quantitative estimate of drug-likeness (QED) is 0.791. The van der Waals surface area contributed by atoms with Gasteiger partial charge in [-0.3, -0.25) is 0 Å². The van der Waals surface area contributed by atoms with Crippen molar-refractivity contribution < 1.29 is 8.42 Å². The first-order chi connectivity index (χ1) is 9.44. The van der Waals surface area contributed by atoms with Crippen molar-refractivity contribution in [1.29, 1.82) is 0 Å². The lowest BCUT2D eigenvalue weighted by Crippen LogP contribution is -2.45. The Balaban J connectivity index is 1.94. The second-order valence-corrected chi connectivity index (χ2v) is 9.17. The predicted octanol–water partition coefficient (Wildman–Crippen LogP) is 2.26. The minimum Gasteiger partial charge on any atom is -0.317 e. The molecule has 1 heterocycles. The summed E-state index contributed by atoms with van der Waals surface area (Å²) < 4.78 is 27.8. The standard InChI is InChI=1S/C15H30N2O2S/c1-13(2)11-15(7-3-4-8-15)12-17-20(18,19)14-5-9-16-10-6-14/h13-14,16-17H,3-12H2,1-2H3. The molecule has 2 rings (SSSR count). The molecule has 5 heteroatoms. The number of rotatable bonds is 6. The van der Waals surface area contributed by atoms with Crippen LogP contribution in [0, 0.1) is 11.3 Å². The van der Waals surface area contributed by atoms with Crippen LogP contribution < -0.4 is 10.0 Å². The Morgan fingerprint density at radius 3 is 2.35 bits per heavy atom. The van der Waals surface area contributed by atoms with Gasteiger partial charge in [0.1, 0.15) is 0 Å². The Labute approximate surface area is 124 Å². The predicted molar refractivity (Wildman–Crippen MR) is 83.2 cm³/mol. The van der Waals surface area contributed by atoms with Gasteiger partial charge in [-0.1, -0.05) is 26.7 Å². The van der Waals surface area contributed by atoms with Crippen LogP contribution >= 0.6 is 0 Å². The fourth-order valence-electron chi connectivity index (χ4n) is 3.92. The highest BCUT2D eigenvalue weighted by Gasteiger charge is 2.36. The molecule has 2 N–H and O–H groups in total. The Kier molecular flexibility index (Phi) is 5.49. The number of nitrogens with one attached hydrogen (secondary N) is 2. The zero-order valence-corrected chi connectivity index (χ0v) is 13.8. The summed E-state index contributed by atoms with van der Waals surface area (Å²) in [6.07, 6.45) is 7.49. The molecule has 0 atom stereocenters. The van der Waals surface area contributed by atoms with Crippen LogP contribution in [-0.4, -0.2) is 33.3 Å². The zero-order chi connectivity index (χ0) is 14.6. The second kappa shape index (κ2) is 6.75. The molecule has 0 amide bonds. The first-order valence-electron chi connectivity index (χ1n) is 8.13. The third-order valence-corrected chi connectivity index (χ3v) is 6.77. The Hall–Kier alpha value is -0.130. The van der Waals surface area contributed by atoms with Gasteiger partial charge in [-0.15, -0.1) is 0 Å². The Morgan fingerprint density at radius 1 is 1.20 bits per heavy atom. The number of hydrogen-bond acceptors (Lipinski definition) is 3. The molecule has 0 bridgehead atoms. The highest BCUT2D eigenvalue weighted by molar-refractivity contribution is 7.90. The van der Waals surface area contributed by atoms with E-state index in [1.165, 1.54) is 25.7 Å². The van der Waals surface area contributed by atoms with E-state index in [4.69, 9.17) is 0 Å². The fourth-order valence-corrected chi connectivity index (χ4v) is 5.52. The van der Waals surface area contributed by atoms with Gasteiger partial charge in [-0.2, -0.15) is 0 Å². The summed E-state index contributed by atoms with van der Waals surface area (Å²) in [7, 11) is -3.13. The van der Waals surface area contributed by atoms with E-state index in [1.807, 2.05) is 0 Å². The molecule has 1 aliphatic carbocycles. The molecule has 1 aliphatic heterocycles. The maximum atomic E-state index is 12.4. The SMILES string of the molecule is CC(C)CC1(CNS(=O)(=O)C2CCNCC2)CCCC1. The molecule has 0 spiro atoms. The van der Waals surface area contributed by atoms with Crippen molar-refractivity contribution in [1.82, 2.24) is 10.0 Å². The largest absolute Gasteiger partial charge is 0.317 e. The summed E-state index contributed by atoms with van der Waals surface area (Å²) in [4.78, 5) is 0. The van der Waals surface area contributed by atoms with E-state index in [9.17, 15) is 8.42 Å². The third kappa shape index (κ3) is 4.18. The van der Waals surface area contributed by atoms with E-state index in [1.54, 1.807) is 0 Å². The Morgan fingerprint density at radius 2 is 1.80 bits per heavy atom. The minimum atomic E-state index is -3.13. The average molecular weight is 302 g/mol. The fraction of sp³-hybridized carbons (Fsp3) is 1.00. The maximum Gasteiger partial charge on any atom is 0.214 e. The van der Waals surface area contributed by atoms with Crippen LogP contribution in [0.4, 0.5) is 0 Å². The first-order valence-corrected chi connectivity index (χ1v) is 9.67. The molecule has 4 nitrogen and oxygen atoms in total. The molecule has 1 saturated carbocycles.